The first kappa shape index (κ1) is 21.4. The van der Waals surface area contributed by atoms with E-state index >= 15 is 0 Å². The van der Waals surface area contributed by atoms with Crippen molar-refractivity contribution in [2.24, 2.45) is 0 Å². The van der Waals surface area contributed by atoms with E-state index in [1.54, 1.807) is 18.9 Å². The average molecular weight is 408 g/mol. The van der Waals surface area contributed by atoms with E-state index in [2.05, 4.69) is 13.8 Å². The molecule has 3 aromatic rings. The van der Waals surface area contributed by atoms with E-state index < -0.39 is 0 Å². The predicted octanol–water partition coefficient (Wildman–Crippen LogP) is 4.82. The summed E-state index contributed by atoms with van der Waals surface area (Å²) in [6, 6.07) is 15.4. The Balaban J connectivity index is 2.13. The van der Waals surface area contributed by atoms with Crippen molar-refractivity contribution in [1.29, 1.82) is 0 Å². The van der Waals surface area contributed by atoms with Crippen molar-refractivity contribution in [2.75, 3.05) is 27.3 Å². The Kier molecular flexibility index (Phi) is 7.12. The molecule has 6 nitrogen and oxygen atoms in total. The first-order chi connectivity index (χ1) is 14.6. The Morgan fingerprint density at radius 3 is 2.23 bits per heavy atom. The molecule has 0 fully saturated rings. The van der Waals surface area contributed by atoms with Crippen LogP contribution in [0.2, 0.25) is 0 Å². The summed E-state index contributed by atoms with van der Waals surface area (Å²) in [6.07, 6.45) is 3.64. The molecule has 0 aliphatic heterocycles. The minimum atomic E-state index is -0.00864. The maximum atomic E-state index is 13.5. The first-order valence-corrected chi connectivity index (χ1v) is 10.3. The highest BCUT2D eigenvalue weighted by molar-refractivity contribution is 6.00. The molecule has 30 heavy (non-hydrogen) atoms. The van der Waals surface area contributed by atoms with Gasteiger partial charge in [-0.05, 0) is 43.2 Å². The van der Waals surface area contributed by atoms with E-state index in [1.165, 1.54) is 0 Å². The number of ether oxygens (including phenoxy) is 2. The van der Waals surface area contributed by atoms with Crippen molar-refractivity contribution in [2.45, 2.75) is 26.7 Å². The van der Waals surface area contributed by atoms with Gasteiger partial charge in [-0.15, -0.1) is 0 Å². The fourth-order valence-corrected chi connectivity index (χ4v) is 3.47. The number of aromatic nitrogens is 2. The van der Waals surface area contributed by atoms with Crippen LogP contribution >= 0.6 is 0 Å². The van der Waals surface area contributed by atoms with Gasteiger partial charge in [-0.1, -0.05) is 32.0 Å². The van der Waals surface area contributed by atoms with Crippen molar-refractivity contribution in [3.63, 3.8) is 0 Å². The van der Waals surface area contributed by atoms with Crippen molar-refractivity contribution in [3.8, 4) is 28.4 Å². The van der Waals surface area contributed by atoms with Crippen LogP contribution in [0.25, 0.3) is 16.9 Å². The molecule has 0 N–H and O–H groups in total. The molecular weight excluding hydrogens is 378 g/mol. The Bertz CT molecular complexity index is 977. The molecule has 1 heterocycles. The number of nitrogens with zero attached hydrogens (tertiary/aromatic N) is 3. The van der Waals surface area contributed by atoms with Crippen LogP contribution in [0.1, 0.15) is 37.0 Å². The number of hydrogen-bond donors (Lipinski definition) is 0. The minimum Gasteiger partial charge on any atom is -0.493 e. The Morgan fingerprint density at radius 2 is 1.63 bits per heavy atom. The van der Waals surface area contributed by atoms with Crippen LogP contribution in [0.15, 0.2) is 54.7 Å². The molecule has 0 unspecified atom stereocenters. The highest BCUT2D eigenvalue weighted by atomic mass is 16.5. The summed E-state index contributed by atoms with van der Waals surface area (Å²) in [7, 11) is 3.20. The van der Waals surface area contributed by atoms with Crippen LogP contribution in [0.4, 0.5) is 0 Å². The van der Waals surface area contributed by atoms with E-state index in [4.69, 9.17) is 14.6 Å². The fourth-order valence-electron chi connectivity index (χ4n) is 3.47. The summed E-state index contributed by atoms with van der Waals surface area (Å²) in [5.41, 5.74) is 2.91. The summed E-state index contributed by atoms with van der Waals surface area (Å²) in [5, 5.41) is 4.78. The molecule has 0 radical (unpaired) electrons. The first-order valence-electron chi connectivity index (χ1n) is 10.3. The van der Waals surface area contributed by atoms with Crippen molar-refractivity contribution in [1.82, 2.24) is 14.7 Å². The van der Waals surface area contributed by atoms with Crippen LogP contribution in [0, 0.1) is 0 Å². The Hall–Kier alpha value is -3.28. The second kappa shape index (κ2) is 9.96. The molecule has 158 valence electrons. The Morgan fingerprint density at radius 1 is 0.967 bits per heavy atom. The normalized spacial score (nSPS) is 10.7. The van der Waals surface area contributed by atoms with E-state index in [0.717, 1.165) is 24.1 Å². The van der Waals surface area contributed by atoms with E-state index in [-0.39, 0.29) is 5.91 Å². The molecule has 0 spiro atoms. The lowest BCUT2D eigenvalue weighted by Crippen LogP contribution is -2.32. The number of benzene rings is 2. The SMILES string of the molecule is CCCN(CCC)C(=O)c1cn(-c2ccccc2)nc1-c1ccc(OC)c(OC)c1. The van der Waals surface area contributed by atoms with Gasteiger partial charge in [0.15, 0.2) is 11.5 Å². The van der Waals surface area contributed by atoms with Crippen LogP contribution in [-0.4, -0.2) is 47.9 Å². The number of rotatable bonds is 9. The van der Waals surface area contributed by atoms with Gasteiger partial charge in [0.1, 0.15) is 5.69 Å². The third kappa shape index (κ3) is 4.48. The number of hydrogen-bond acceptors (Lipinski definition) is 4. The second-order valence-corrected chi connectivity index (χ2v) is 7.03. The van der Waals surface area contributed by atoms with Gasteiger partial charge in [-0.3, -0.25) is 4.79 Å². The Labute approximate surface area is 178 Å². The van der Waals surface area contributed by atoms with Gasteiger partial charge < -0.3 is 14.4 Å². The molecule has 3 rings (SSSR count). The van der Waals surface area contributed by atoms with Crippen LogP contribution in [0.3, 0.4) is 0 Å². The molecule has 2 aromatic carbocycles. The number of carbonyl (C=O) groups is 1. The van der Waals surface area contributed by atoms with Gasteiger partial charge in [-0.2, -0.15) is 5.10 Å². The van der Waals surface area contributed by atoms with Crippen molar-refractivity contribution >= 4 is 5.91 Å². The third-order valence-electron chi connectivity index (χ3n) is 4.90. The van der Waals surface area contributed by atoms with Gasteiger partial charge in [0.2, 0.25) is 0 Å². The van der Waals surface area contributed by atoms with Crippen LogP contribution in [-0.2, 0) is 0 Å². The zero-order valence-corrected chi connectivity index (χ0v) is 18.1. The summed E-state index contributed by atoms with van der Waals surface area (Å²) in [5.74, 6) is 1.22. The highest BCUT2D eigenvalue weighted by Crippen LogP contribution is 2.33. The molecule has 0 atom stereocenters. The van der Waals surface area contributed by atoms with Crippen molar-refractivity contribution < 1.29 is 14.3 Å². The molecule has 0 saturated heterocycles. The molecule has 1 amide bonds. The lowest BCUT2D eigenvalue weighted by molar-refractivity contribution is 0.0756. The number of carbonyl (C=O) groups excluding carboxylic acids is 1. The smallest absolute Gasteiger partial charge is 0.257 e. The van der Waals surface area contributed by atoms with Gasteiger partial charge in [-0.25, -0.2) is 4.68 Å². The van der Waals surface area contributed by atoms with Gasteiger partial charge in [0.25, 0.3) is 5.91 Å². The van der Waals surface area contributed by atoms with E-state index in [0.29, 0.717) is 35.8 Å². The third-order valence-corrected chi connectivity index (χ3v) is 4.90. The highest BCUT2D eigenvalue weighted by Gasteiger charge is 2.23. The van der Waals surface area contributed by atoms with Gasteiger partial charge >= 0.3 is 0 Å². The zero-order chi connectivity index (χ0) is 21.5. The molecular formula is C24H29N3O3. The lowest BCUT2D eigenvalue weighted by atomic mass is 10.1. The monoisotopic (exact) mass is 407 g/mol. The molecule has 0 saturated carbocycles. The summed E-state index contributed by atoms with van der Waals surface area (Å²) in [4.78, 5) is 15.4. The molecule has 0 aliphatic rings. The van der Waals surface area contributed by atoms with Gasteiger partial charge in [0.05, 0.1) is 25.5 Å². The minimum absolute atomic E-state index is 0.00864. The molecule has 6 heteroatoms. The van der Waals surface area contributed by atoms with Gasteiger partial charge in [0, 0.05) is 24.8 Å². The molecule has 0 bridgehead atoms. The largest absolute Gasteiger partial charge is 0.493 e. The predicted molar refractivity (Wildman–Crippen MR) is 119 cm³/mol. The summed E-state index contributed by atoms with van der Waals surface area (Å²) >= 11 is 0. The number of amides is 1. The fraction of sp³-hybridized carbons (Fsp3) is 0.333. The van der Waals surface area contributed by atoms with Crippen LogP contribution < -0.4 is 9.47 Å². The zero-order valence-electron chi connectivity index (χ0n) is 18.1. The lowest BCUT2D eigenvalue weighted by Gasteiger charge is -2.21. The van der Waals surface area contributed by atoms with E-state index in [1.807, 2.05) is 59.6 Å². The van der Waals surface area contributed by atoms with Crippen molar-refractivity contribution in [3.05, 3.63) is 60.3 Å². The standard InChI is InChI=1S/C24H29N3O3/c1-5-14-26(15-6-2)24(28)20-17-27(19-10-8-7-9-11-19)25-23(20)18-12-13-21(29-3)22(16-18)30-4/h7-13,16-17H,5-6,14-15H2,1-4H3. The van der Waals surface area contributed by atoms with E-state index in [9.17, 15) is 4.79 Å². The molecule has 0 aliphatic carbocycles. The number of methoxy groups -OCH3 is 2. The summed E-state index contributed by atoms with van der Waals surface area (Å²) < 4.78 is 12.6. The van der Waals surface area contributed by atoms with Crippen LogP contribution in [0.5, 0.6) is 11.5 Å². The maximum absolute atomic E-state index is 13.5. The maximum Gasteiger partial charge on any atom is 0.257 e. The number of para-hydroxylation sites is 1. The topological polar surface area (TPSA) is 56.6 Å². The quantitative estimate of drug-likeness (QED) is 0.510. The molecule has 1 aromatic heterocycles. The second-order valence-electron chi connectivity index (χ2n) is 7.03. The summed E-state index contributed by atoms with van der Waals surface area (Å²) in [6.45, 7) is 5.60. The average Bonchev–Trinajstić information content (AvgIpc) is 3.24.